The molecule has 222 valence electrons. The van der Waals surface area contributed by atoms with Gasteiger partial charge in [-0.2, -0.15) is 0 Å². The van der Waals surface area contributed by atoms with Crippen molar-refractivity contribution in [2.75, 3.05) is 5.32 Å². The number of unbranched alkanes of at least 4 members (excludes halogenated alkanes) is 3. The van der Waals surface area contributed by atoms with Crippen LogP contribution in [0.15, 0.2) is 18.2 Å². The van der Waals surface area contributed by atoms with E-state index in [0.29, 0.717) is 25.7 Å². The molecule has 1 saturated heterocycles. The van der Waals surface area contributed by atoms with E-state index in [1.54, 1.807) is 6.92 Å². The number of esters is 3. The maximum Gasteiger partial charge on any atom is 0.332 e. The van der Waals surface area contributed by atoms with Gasteiger partial charge in [0.2, 0.25) is 6.41 Å². The third-order valence-electron chi connectivity index (χ3n) is 6.83. The van der Waals surface area contributed by atoms with Crippen LogP contribution in [0.1, 0.15) is 89.9 Å². The molecule has 0 spiro atoms. The first-order chi connectivity index (χ1) is 19.0. The normalized spacial score (nSPS) is 23.2. The van der Waals surface area contributed by atoms with E-state index in [0.717, 1.165) is 19.3 Å². The smallest absolute Gasteiger partial charge is 0.332 e. The number of carbonyl (C=O) groups is 5. The number of phenols is 1. The molecule has 1 aromatic carbocycles. The first-order valence-corrected chi connectivity index (χ1v) is 13.9. The SMILES string of the molecule is CCCCCC[C@H]1C(=O)O[C@H](C)[C@H](NC(=O)c2cccc(NC=O)c2O)C(=O)O[C@@H](C)[C@@H]1OC(=O)CCC(C)C. The molecule has 0 bridgehead atoms. The van der Waals surface area contributed by atoms with Crippen LogP contribution in [0.5, 0.6) is 5.75 Å². The molecule has 1 aliphatic heterocycles. The second kappa shape index (κ2) is 15.8. The van der Waals surface area contributed by atoms with Crippen LogP contribution in [0.3, 0.4) is 0 Å². The fourth-order valence-electron chi connectivity index (χ4n) is 4.49. The fourth-order valence-corrected chi connectivity index (χ4v) is 4.49. The van der Waals surface area contributed by atoms with Crippen LogP contribution < -0.4 is 10.6 Å². The van der Waals surface area contributed by atoms with Crippen LogP contribution >= 0.6 is 0 Å². The van der Waals surface area contributed by atoms with E-state index in [1.807, 2.05) is 13.8 Å². The molecule has 0 aromatic heterocycles. The van der Waals surface area contributed by atoms with Crippen molar-refractivity contribution in [1.82, 2.24) is 5.32 Å². The predicted molar refractivity (Wildman–Crippen MR) is 146 cm³/mol. The minimum absolute atomic E-state index is 0.000769. The van der Waals surface area contributed by atoms with E-state index in [1.165, 1.54) is 25.1 Å². The molecular formula is C29H42N2O9. The molecule has 0 aliphatic carbocycles. The molecule has 1 aromatic rings. The zero-order valence-electron chi connectivity index (χ0n) is 23.9. The van der Waals surface area contributed by atoms with Gasteiger partial charge in [-0.1, -0.05) is 52.5 Å². The van der Waals surface area contributed by atoms with Gasteiger partial charge < -0.3 is 30.0 Å². The number of anilines is 1. The highest BCUT2D eigenvalue weighted by molar-refractivity contribution is 6.01. The van der Waals surface area contributed by atoms with Crippen LogP contribution in [0.25, 0.3) is 0 Å². The standard InChI is InChI=1S/C29H42N2O9/c1-6-7-8-9-11-21-26(40-23(33)15-14-17(2)3)19(5)39-29(37)24(18(4)38-28(21)36)31-27(35)20-12-10-13-22(25(20)34)30-16-32/h10,12-13,16-19,21,24,26,34H,6-9,11,14-15H2,1-5H3,(H,30,32)(H,31,35)/t18-,19+,21-,24+,26+/m1/s1. The van der Waals surface area contributed by atoms with Crippen molar-refractivity contribution in [3.63, 3.8) is 0 Å². The van der Waals surface area contributed by atoms with Crippen LogP contribution in [0.4, 0.5) is 5.69 Å². The van der Waals surface area contributed by atoms with Gasteiger partial charge in [0, 0.05) is 6.42 Å². The van der Waals surface area contributed by atoms with E-state index >= 15 is 0 Å². The van der Waals surface area contributed by atoms with Gasteiger partial charge in [-0.15, -0.1) is 0 Å². The van der Waals surface area contributed by atoms with Crippen molar-refractivity contribution < 1.29 is 43.3 Å². The topological polar surface area (TPSA) is 157 Å². The third-order valence-corrected chi connectivity index (χ3v) is 6.83. The zero-order valence-corrected chi connectivity index (χ0v) is 23.9. The Hall–Kier alpha value is -3.63. The van der Waals surface area contributed by atoms with Crippen molar-refractivity contribution in [3.05, 3.63) is 23.8 Å². The molecule has 0 unspecified atom stereocenters. The summed E-state index contributed by atoms with van der Waals surface area (Å²) in [4.78, 5) is 63.1. The summed E-state index contributed by atoms with van der Waals surface area (Å²) < 4.78 is 17.0. The maximum atomic E-state index is 13.4. The monoisotopic (exact) mass is 562 g/mol. The van der Waals surface area contributed by atoms with Gasteiger partial charge in [0.1, 0.15) is 12.2 Å². The summed E-state index contributed by atoms with van der Waals surface area (Å²) >= 11 is 0. The number of cyclic esters (lactones) is 2. The lowest BCUT2D eigenvalue weighted by atomic mass is 9.92. The molecule has 11 heteroatoms. The number of carbonyl (C=O) groups excluding carboxylic acids is 5. The van der Waals surface area contributed by atoms with Crippen LogP contribution in [-0.2, 0) is 33.4 Å². The average Bonchev–Trinajstić information content (AvgIpc) is 2.92. The molecule has 0 saturated carbocycles. The van der Waals surface area contributed by atoms with Gasteiger partial charge >= 0.3 is 17.9 Å². The van der Waals surface area contributed by atoms with Crippen molar-refractivity contribution in [1.29, 1.82) is 0 Å². The number of nitrogens with one attached hydrogen (secondary N) is 2. The minimum atomic E-state index is -1.42. The molecule has 1 heterocycles. The van der Waals surface area contributed by atoms with Gasteiger partial charge in [-0.3, -0.25) is 19.2 Å². The molecule has 2 rings (SSSR count). The Kier molecular flexibility index (Phi) is 12.9. The molecular weight excluding hydrogens is 520 g/mol. The Morgan fingerprint density at radius 2 is 1.77 bits per heavy atom. The molecule has 5 atom stereocenters. The quantitative estimate of drug-likeness (QED) is 0.107. The van der Waals surface area contributed by atoms with Gasteiger partial charge in [-0.05, 0) is 44.7 Å². The Bertz CT molecular complexity index is 1040. The highest BCUT2D eigenvalue weighted by Gasteiger charge is 2.43. The van der Waals surface area contributed by atoms with Gasteiger partial charge in [-0.25, -0.2) is 4.79 Å². The minimum Gasteiger partial charge on any atom is -0.505 e. The Morgan fingerprint density at radius 1 is 1.07 bits per heavy atom. The largest absolute Gasteiger partial charge is 0.505 e. The van der Waals surface area contributed by atoms with Crippen molar-refractivity contribution in [3.8, 4) is 5.75 Å². The predicted octanol–water partition coefficient (Wildman–Crippen LogP) is 3.87. The number of aromatic hydroxyl groups is 1. The summed E-state index contributed by atoms with van der Waals surface area (Å²) in [6, 6.07) is 2.72. The van der Waals surface area contributed by atoms with E-state index < -0.39 is 59.8 Å². The molecule has 3 N–H and O–H groups in total. The maximum absolute atomic E-state index is 13.4. The lowest BCUT2D eigenvalue weighted by Gasteiger charge is -2.29. The first kappa shape index (κ1) is 32.6. The Balaban J connectivity index is 2.32. The summed E-state index contributed by atoms with van der Waals surface area (Å²) in [7, 11) is 0. The summed E-state index contributed by atoms with van der Waals surface area (Å²) in [5, 5.41) is 15.2. The van der Waals surface area contributed by atoms with Crippen LogP contribution in [0.2, 0.25) is 0 Å². The molecule has 0 radical (unpaired) electrons. The van der Waals surface area contributed by atoms with Gasteiger partial charge in [0.25, 0.3) is 5.91 Å². The zero-order chi connectivity index (χ0) is 29.8. The summed E-state index contributed by atoms with van der Waals surface area (Å²) in [5.74, 6) is -3.98. The summed E-state index contributed by atoms with van der Waals surface area (Å²) in [5.41, 5.74) is -0.210. The third kappa shape index (κ3) is 9.24. The lowest BCUT2D eigenvalue weighted by molar-refractivity contribution is -0.175. The molecule has 1 aliphatic rings. The number of phenolic OH excluding ortho intramolecular Hbond substituents is 1. The van der Waals surface area contributed by atoms with Crippen molar-refractivity contribution in [2.45, 2.75) is 104 Å². The van der Waals surface area contributed by atoms with E-state index in [2.05, 4.69) is 17.6 Å². The number of hydrogen-bond donors (Lipinski definition) is 3. The summed E-state index contributed by atoms with van der Waals surface area (Å²) in [6.45, 7) is 9.02. The summed E-state index contributed by atoms with van der Waals surface area (Å²) in [6.07, 6.45) is 1.82. The number of para-hydroxylation sites is 1. The van der Waals surface area contributed by atoms with Crippen LogP contribution in [0, 0.1) is 11.8 Å². The van der Waals surface area contributed by atoms with Gasteiger partial charge in [0.15, 0.2) is 17.9 Å². The van der Waals surface area contributed by atoms with Crippen molar-refractivity contribution in [2.24, 2.45) is 11.8 Å². The van der Waals surface area contributed by atoms with Crippen LogP contribution in [-0.4, -0.2) is 59.7 Å². The highest BCUT2D eigenvalue weighted by Crippen LogP contribution is 2.29. The molecule has 1 fully saturated rings. The Labute approximate surface area is 235 Å². The number of rotatable bonds is 13. The fraction of sp³-hybridized carbons (Fsp3) is 0.621. The van der Waals surface area contributed by atoms with E-state index in [9.17, 15) is 29.1 Å². The number of hydrogen-bond acceptors (Lipinski definition) is 9. The first-order valence-electron chi connectivity index (χ1n) is 13.9. The molecule has 11 nitrogen and oxygen atoms in total. The van der Waals surface area contributed by atoms with Crippen molar-refractivity contribution >= 4 is 35.9 Å². The molecule has 2 amide bonds. The lowest BCUT2D eigenvalue weighted by Crippen LogP contribution is -2.50. The number of ether oxygens (including phenoxy) is 3. The second-order valence-corrected chi connectivity index (χ2v) is 10.5. The highest BCUT2D eigenvalue weighted by atomic mass is 16.6. The van der Waals surface area contributed by atoms with E-state index in [-0.39, 0.29) is 23.6 Å². The second-order valence-electron chi connectivity index (χ2n) is 10.5. The number of benzene rings is 1. The average molecular weight is 563 g/mol. The van der Waals surface area contributed by atoms with E-state index in [4.69, 9.17) is 14.2 Å². The molecule has 40 heavy (non-hydrogen) atoms. The van der Waals surface area contributed by atoms with Gasteiger partial charge in [0.05, 0.1) is 17.2 Å². The number of amides is 2. The Morgan fingerprint density at radius 3 is 2.42 bits per heavy atom.